The van der Waals surface area contributed by atoms with E-state index in [1.807, 2.05) is 30.0 Å². The molecule has 0 saturated carbocycles. The van der Waals surface area contributed by atoms with Crippen molar-refractivity contribution in [2.75, 3.05) is 25.7 Å². The molecule has 4 heteroatoms. The van der Waals surface area contributed by atoms with E-state index in [1.165, 1.54) is 24.2 Å². The smallest absolute Gasteiger partial charge is 0.137 e. The topological polar surface area (TPSA) is 21.3 Å². The highest BCUT2D eigenvalue weighted by molar-refractivity contribution is 7.98. The number of nitrogens with one attached hydrogen (secondary N) is 1. The van der Waals surface area contributed by atoms with E-state index in [0.717, 1.165) is 18.8 Å². The normalized spacial score (nSPS) is 10.5. The van der Waals surface area contributed by atoms with Gasteiger partial charge in [-0.05, 0) is 49.1 Å². The molecule has 1 aromatic rings. The van der Waals surface area contributed by atoms with Crippen LogP contribution < -0.4 is 10.1 Å². The van der Waals surface area contributed by atoms with Crippen LogP contribution in [0.5, 0.6) is 5.75 Å². The predicted octanol–water partition coefficient (Wildman–Crippen LogP) is 3.58. The number of rotatable bonds is 8. The summed E-state index contributed by atoms with van der Waals surface area (Å²) < 4.78 is 5.12. The Labute approximate surface area is 113 Å². The van der Waals surface area contributed by atoms with Crippen molar-refractivity contribution in [3.05, 3.63) is 28.8 Å². The largest absolute Gasteiger partial charge is 0.495 e. The van der Waals surface area contributed by atoms with Gasteiger partial charge < -0.3 is 10.1 Å². The Kier molecular flexibility index (Phi) is 7.49. The number of methoxy groups -OCH3 is 1. The van der Waals surface area contributed by atoms with Gasteiger partial charge in [0.2, 0.25) is 0 Å². The first-order chi connectivity index (χ1) is 8.27. The summed E-state index contributed by atoms with van der Waals surface area (Å²) in [5, 5.41) is 4.09. The molecular formula is C13H20ClNOS. The second-order valence-corrected chi connectivity index (χ2v) is 5.24. The molecule has 0 aliphatic carbocycles. The van der Waals surface area contributed by atoms with E-state index < -0.39 is 0 Å². The Morgan fingerprint density at radius 3 is 2.82 bits per heavy atom. The Morgan fingerprint density at radius 1 is 1.35 bits per heavy atom. The molecule has 0 fully saturated rings. The van der Waals surface area contributed by atoms with E-state index >= 15 is 0 Å². The van der Waals surface area contributed by atoms with Crippen LogP contribution in [0.15, 0.2) is 18.2 Å². The van der Waals surface area contributed by atoms with Gasteiger partial charge in [-0.1, -0.05) is 17.7 Å². The summed E-state index contributed by atoms with van der Waals surface area (Å²) in [6.07, 6.45) is 4.65. The maximum absolute atomic E-state index is 6.06. The zero-order valence-corrected chi connectivity index (χ0v) is 12.0. The van der Waals surface area contributed by atoms with Crippen LogP contribution in [0.25, 0.3) is 0 Å². The monoisotopic (exact) mass is 273 g/mol. The van der Waals surface area contributed by atoms with Gasteiger partial charge in [-0.15, -0.1) is 0 Å². The Bertz CT molecular complexity index is 333. The third kappa shape index (κ3) is 5.66. The fraction of sp³-hybridized carbons (Fsp3) is 0.538. The molecule has 0 saturated heterocycles. The highest BCUT2D eigenvalue weighted by Crippen LogP contribution is 2.24. The van der Waals surface area contributed by atoms with Crippen molar-refractivity contribution in [1.82, 2.24) is 5.32 Å². The summed E-state index contributed by atoms with van der Waals surface area (Å²) in [4.78, 5) is 0. The zero-order valence-electron chi connectivity index (χ0n) is 10.5. The third-order valence-electron chi connectivity index (χ3n) is 2.50. The van der Waals surface area contributed by atoms with Gasteiger partial charge in [0.25, 0.3) is 0 Å². The molecular weight excluding hydrogens is 254 g/mol. The number of ether oxygens (including phenoxy) is 1. The number of unbranched alkanes of at least 4 members (excludes halogenated alkanes) is 1. The van der Waals surface area contributed by atoms with Crippen LogP contribution in [-0.2, 0) is 6.54 Å². The average molecular weight is 274 g/mol. The van der Waals surface area contributed by atoms with Crippen molar-refractivity contribution >= 4 is 23.4 Å². The predicted molar refractivity (Wildman–Crippen MR) is 77.3 cm³/mol. The molecule has 1 aromatic carbocycles. The number of benzene rings is 1. The van der Waals surface area contributed by atoms with Gasteiger partial charge >= 0.3 is 0 Å². The molecule has 0 atom stereocenters. The van der Waals surface area contributed by atoms with E-state index in [2.05, 4.69) is 11.6 Å². The fourth-order valence-electron chi connectivity index (χ4n) is 1.55. The van der Waals surface area contributed by atoms with E-state index in [4.69, 9.17) is 16.3 Å². The van der Waals surface area contributed by atoms with Gasteiger partial charge in [-0.25, -0.2) is 0 Å². The van der Waals surface area contributed by atoms with E-state index in [-0.39, 0.29) is 0 Å². The average Bonchev–Trinajstić information content (AvgIpc) is 2.34. The van der Waals surface area contributed by atoms with Crippen LogP contribution in [0.2, 0.25) is 5.02 Å². The first kappa shape index (κ1) is 14.7. The van der Waals surface area contributed by atoms with Crippen molar-refractivity contribution in [3.63, 3.8) is 0 Å². The molecule has 0 heterocycles. The van der Waals surface area contributed by atoms with Crippen LogP contribution in [0, 0.1) is 0 Å². The molecule has 0 aromatic heterocycles. The standard InChI is InChI=1S/C13H20ClNOS/c1-16-13-6-5-11(9-12(13)14)10-15-7-3-4-8-17-2/h5-6,9,15H,3-4,7-8,10H2,1-2H3. The number of hydrogen-bond donors (Lipinski definition) is 1. The maximum atomic E-state index is 6.06. The molecule has 0 radical (unpaired) electrons. The van der Waals surface area contributed by atoms with Gasteiger partial charge in [0.15, 0.2) is 0 Å². The van der Waals surface area contributed by atoms with Crippen molar-refractivity contribution in [2.45, 2.75) is 19.4 Å². The molecule has 17 heavy (non-hydrogen) atoms. The summed E-state index contributed by atoms with van der Waals surface area (Å²) in [6.45, 7) is 1.92. The minimum Gasteiger partial charge on any atom is -0.495 e. The van der Waals surface area contributed by atoms with Crippen LogP contribution in [0.4, 0.5) is 0 Å². The quantitative estimate of drug-likeness (QED) is 0.732. The lowest BCUT2D eigenvalue weighted by Crippen LogP contribution is -2.14. The summed E-state index contributed by atoms with van der Waals surface area (Å²) >= 11 is 7.96. The molecule has 0 unspecified atom stereocenters. The Balaban J connectivity index is 2.25. The van der Waals surface area contributed by atoms with Crippen molar-refractivity contribution in [2.24, 2.45) is 0 Å². The highest BCUT2D eigenvalue weighted by atomic mass is 35.5. The van der Waals surface area contributed by atoms with E-state index in [1.54, 1.807) is 7.11 Å². The molecule has 0 bridgehead atoms. The van der Waals surface area contributed by atoms with E-state index in [0.29, 0.717) is 5.02 Å². The molecule has 1 rings (SSSR count). The van der Waals surface area contributed by atoms with Gasteiger partial charge in [-0.2, -0.15) is 11.8 Å². The van der Waals surface area contributed by atoms with Gasteiger partial charge in [0, 0.05) is 6.54 Å². The molecule has 0 aliphatic rings. The molecule has 0 amide bonds. The number of hydrogen-bond acceptors (Lipinski definition) is 3. The van der Waals surface area contributed by atoms with Crippen LogP contribution in [-0.4, -0.2) is 25.7 Å². The number of thioether (sulfide) groups is 1. The van der Waals surface area contributed by atoms with Gasteiger partial charge in [-0.3, -0.25) is 0 Å². The minimum atomic E-state index is 0.675. The minimum absolute atomic E-state index is 0.675. The SMILES string of the molecule is COc1ccc(CNCCCCSC)cc1Cl. The van der Waals surface area contributed by atoms with Crippen molar-refractivity contribution < 1.29 is 4.74 Å². The fourth-order valence-corrected chi connectivity index (χ4v) is 2.32. The Morgan fingerprint density at radius 2 is 2.18 bits per heavy atom. The molecule has 1 N–H and O–H groups in total. The highest BCUT2D eigenvalue weighted by Gasteiger charge is 2.01. The first-order valence-electron chi connectivity index (χ1n) is 5.80. The second-order valence-electron chi connectivity index (χ2n) is 3.85. The molecule has 96 valence electrons. The lowest BCUT2D eigenvalue weighted by molar-refractivity contribution is 0.415. The zero-order chi connectivity index (χ0) is 12.5. The van der Waals surface area contributed by atoms with Crippen LogP contribution in [0.1, 0.15) is 18.4 Å². The summed E-state index contributed by atoms with van der Waals surface area (Å²) in [5.74, 6) is 1.98. The summed E-state index contributed by atoms with van der Waals surface area (Å²) in [7, 11) is 1.63. The van der Waals surface area contributed by atoms with E-state index in [9.17, 15) is 0 Å². The van der Waals surface area contributed by atoms with Crippen molar-refractivity contribution in [3.8, 4) is 5.75 Å². The summed E-state index contributed by atoms with van der Waals surface area (Å²) in [6, 6.07) is 5.90. The molecule has 2 nitrogen and oxygen atoms in total. The lowest BCUT2D eigenvalue weighted by Gasteiger charge is -2.07. The van der Waals surface area contributed by atoms with Crippen LogP contribution >= 0.6 is 23.4 Å². The maximum Gasteiger partial charge on any atom is 0.137 e. The summed E-state index contributed by atoms with van der Waals surface area (Å²) in [5.41, 5.74) is 1.20. The number of halogens is 1. The van der Waals surface area contributed by atoms with Gasteiger partial charge in [0.1, 0.15) is 5.75 Å². The Hall–Kier alpha value is -0.380. The third-order valence-corrected chi connectivity index (χ3v) is 3.49. The second kappa shape index (κ2) is 8.67. The lowest BCUT2D eigenvalue weighted by atomic mass is 10.2. The van der Waals surface area contributed by atoms with Crippen molar-refractivity contribution in [1.29, 1.82) is 0 Å². The molecule has 0 spiro atoms. The molecule has 0 aliphatic heterocycles. The van der Waals surface area contributed by atoms with Crippen LogP contribution in [0.3, 0.4) is 0 Å². The van der Waals surface area contributed by atoms with Gasteiger partial charge in [0.05, 0.1) is 12.1 Å². The first-order valence-corrected chi connectivity index (χ1v) is 7.57.